The average Bonchev–Trinajstić information content (AvgIpc) is 2.68. The smallest absolute Gasteiger partial charge is 0.406 e. The van der Waals surface area contributed by atoms with E-state index in [1.807, 2.05) is 0 Å². The molecule has 0 aliphatic heterocycles. The predicted molar refractivity (Wildman–Crippen MR) is 60.2 cm³/mol. The number of ketones is 1. The second-order valence-corrected chi connectivity index (χ2v) is 3.90. The zero-order chi connectivity index (χ0) is 14.2. The van der Waals surface area contributed by atoms with Crippen LogP contribution in [-0.2, 0) is 4.79 Å². The van der Waals surface area contributed by atoms with Gasteiger partial charge in [-0.05, 0) is 23.7 Å². The highest BCUT2D eigenvalue weighted by atomic mass is 35.5. The van der Waals surface area contributed by atoms with Crippen molar-refractivity contribution in [3.05, 3.63) is 30.0 Å². The topological polar surface area (TPSA) is 59.2 Å². The van der Waals surface area contributed by atoms with Crippen molar-refractivity contribution in [1.29, 1.82) is 0 Å². The highest BCUT2D eigenvalue weighted by molar-refractivity contribution is 6.83. The molecule has 100 valence electrons. The number of hydrogen-bond acceptors (Lipinski definition) is 3. The lowest BCUT2D eigenvalue weighted by atomic mass is 10.1. The molecule has 1 aromatic heterocycles. The van der Waals surface area contributed by atoms with Crippen LogP contribution in [0.1, 0.15) is 10.4 Å². The second-order valence-electron chi connectivity index (χ2n) is 3.56. The van der Waals surface area contributed by atoms with Crippen molar-refractivity contribution >= 4 is 33.5 Å². The van der Waals surface area contributed by atoms with Gasteiger partial charge in [0.1, 0.15) is 5.75 Å². The molecule has 0 amide bonds. The number of H-pyrrole nitrogens is 1. The van der Waals surface area contributed by atoms with Gasteiger partial charge in [-0.25, -0.2) is 0 Å². The highest BCUT2D eigenvalue weighted by Crippen LogP contribution is 2.28. The molecular formula is C11H5ClF3NO3. The Bertz CT molecular complexity index is 663. The molecule has 1 N–H and O–H groups in total. The summed E-state index contributed by atoms with van der Waals surface area (Å²) in [5.41, 5.74) is 0.219. The molecule has 0 fully saturated rings. The van der Waals surface area contributed by atoms with E-state index in [9.17, 15) is 22.8 Å². The number of carbonyl (C=O) groups is 2. The van der Waals surface area contributed by atoms with Gasteiger partial charge in [0.15, 0.2) is 0 Å². The van der Waals surface area contributed by atoms with Crippen molar-refractivity contribution < 1.29 is 27.5 Å². The van der Waals surface area contributed by atoms with Gasteiger partial charge >= 0.3 is 6.36 Å². The Morgan fingerprint density at radius 2 is 1.95 bits per heavy atom. The van der Waals surface area contributed by atoms with Gasteiger partial charge in [-0.2, -0.15) is 0 Å². The van der Waals surface area contributed by atoms with E-state index >= 15 is 0 Å². The molecule has 19 heavy (non-hydrogen) atoms. The minimum Gasteiger partial charge on any atom is -0.406 e. The third-order valence-corrected chi connectivity index (χ3v) is 2.48. The quantitative estimate of drug-likeness (QED) is 0.537. The first-order chi connectivity index (χ1) is 8.78. The Labute approximate surface area is 109 Å². The van der Waals surface area contributed by atoms with Crippen LogP contribution in [0.3, 0.4) is 0 Å². The monoisotopic (exact) mass is 291 g/mol. The van der Waals surface area contributed by atoms with Crippen LogP contribution in [0.15, 0.2) is 24.4 Å². The fourth-order valence-electron chi connectivity index (χ4n) is 1.60. The van der Waals surface area contributed by atoms with E-state index in [2.05, 4.69) is 9.72 Å². The molecule has 0 aliphatic carbocycles. The molecule has 1 heterocycles. The van der Waals surface area contributed by atoms with E-state index in [0.29, 0.717) is 0 Å². The fourth-order valence-corrected chi connectivity index (χ4v) is 1.70. The summed E-state index contributed by atoms with van der Waals surface area (Å²) in [5.74, 6) is -1.37. The number of fused-ring (bicyclic) bond motifs is 1. The normalized spacial score (nSPS) is 11.6. The summed E-state index contributed by atoms with van der Waals surface area (Å²) in [4.78, 5) is 24.8. The van der Waals surface area contributed by atoms with Gasteiger partial charge in [0.25, 0.3) is 5.24 Å². The largest absolute Gasteiger partial charge is 0.573 e. The number of halogens is 4. The van der Waals surface area contributed by atoms with Gasteiger partial charge in [0.2, 0.25) is 5.78 Å². The van der Waals surface area contributed by atoms with Gasteiger partial charge in [0.05, 0.1) is 5.56 Å². The molecule has 2 rings (SSSR count). The van der Waals surface area contributed by atoms with E-state index in [-0.39, 0.29) is 16.5 Å². The average molecular weight is 292 g/mol. The molecule has 0 saturated carbocycles. The summed E-state index contributed by atoms with van der Waals surface area (Å²) in [6, 6.07) is 3.34. The number of aromatic nitrogens is 1. The second kappa shape index (κ2) is 4.58. The fraction of sp³-hybridized carbons (Fsp3) is 0.0909. The Morgan fingerprint density at radius 1 is 1.26 bits per heavy atom. The predicted octanol–water partition coefficient (Wildman–Crippen LogP) is 3.01. The number of nitrogens with one attached hydrogen (secondary N) is 1. The molecule has 8 heteroatoms. The summed E-state index contributed by atoms with van der Waals surface area (Å²) in [6.07, 6.45) is -3.60. The van der Waals surface area contributed by atoms with E-state index in [1.165, 1.54) is 12.3 Å². The summed E-state index contributed by atoms with van der Waals surface area (Å²) < 4.78 is 39.8. The van der Waals surface area contributed by atoms with E-state index < -0.39 is 23.1 Å². The first-order valence-electron chi connectivity index (χ1n) is 4.89. The molecule has 0 aliphatic rings. The number of rotatable bonds is 3. The molecule has 4 nitrogen and oxygen atoms in total. The lowest BCUT2D eigenvalue weighted by molar-refractivity contribution is -0.274. The van der Waals surface area contributed by atoms with Crippen LogP contribution in [0.4, 0.5) is 13.2 Å². The molecule has 0 unspecified atom stereocenters. The van der Waals surface area contributed by atoms with E-state index in [4.69, 9.17) is 11.6 Å². The molecule has 0 atom stereocenters. The molecule has 0 spiro atoms. The maximum Gasteiger partial charge on any atom is 0.573 e. The third-order valence-electron chi connectivity index (χ3n) is 2.31. The van der Waals surface area contributed by atoms with E-state index in [1.54, 1.807) is 0 Å². The number of hydrogen-bond donors (Lipinski definition) is 1. The van der Waals surface area contributed by atoms with Gasteiger partial charge in [-0.1, -0.05) is 0 Å². The highest BCUT2D eigenvalue weighted by Gasteiger charge is 2.31. The maximum atomic E-state index is 12.0. The van der Waals surface area contributed by atoms with Gasteiger partial charge in [0, 0.05) is 23.2 Å². The van der Waals surface area contributed by atoms with Crippen molar-refractivity contribution in [3.8, 4) is 5.75 Å². The summed E-state index contributed by atoms with van der Waals surface area (Å²) in [7, 11) is 0. The number of alkyl halides is 3. The van der Waals surface area contributed by atoms with Crippen molar-refractivity contribution in [2.45, 2.75) is 6.36 Å². The van der Waals surface area contributed by atoms with Gasteiger partial charge in [-0.3, -0.25) is 9.59 Å². The Morgan fingerprint density at radius 3 is 2.53 bits per heavy atom. The summed E-state index contributed by atoms with van der Waals surface area (Å²) in [5, 5.41) is -0.884. The number of aromatic amines is 1. The minimum atomic E-state index is -4.80. The first-order valence-corrected chi connectivity index (χ1v) is 5.27. The Kier molecular flexibility index (Phi) is 3.23. The van der Waals surface area contributed by atoms with Crippen molar-refractivity contribution in [3.63, 3.8) is 0 Å². The van der Waals surface area contributed by atoms with Crippen LogP contribution < -0.4 is 4.74 Å². The number of carbonyl (C=O) groups excluding carboxylic acids is 2. The third kappa shape index (κ3) is 2.87. The molecular weight excluding hydrogens is 287 g/mol. The number of Topliss-reactive ketones (excluding diaryl/α,β-unsaturated/α-hetero) is 1. The Hall–Kier alpha value is -2.02. The minimum absolute atomic E-state index is 0.00596. The number of ether oxygens (including phenoxy) is 1. The van der Waals surface area contributed by atoms with Crippen molar-refractivity contribution in [2.24, 2.45) is 0 Å². The number of benzene rings is 1. The van der Waals surface area contributed by atoms with E-state index in [0.717, 1.165) is 12.1 Å². The van der Waals surface area contributed by atoms with Crippen LogP contribution in [0.2, 0.25) is 0 Å². The molecule has 2 aromatic rings. The maximum absolute atomic E-state index is 12.0. The molecule has 1 aromatic carbocycles. The Balaban J connectivity index is 2.42. The van der Waals surface area contributed by atoms with Crippen LogP contribution >= 0.6 is 11.6 Å². The lowest BCUT2D eigenvalue weighted by Crippen LogP contribution is -2.17. The van der Waals surface area contributed by atoms with Crippen LogP contribution in [0.5, 0.6) is 5.75 Å². The SMILES string of the molecule is O=C(Cl)C(=O)c1c[nH]c2cc(OC(F)(F)F)ccc12. The van der Waals surface area contributed by atoms with Crippen LogP contribution in [-0.4, -0.2) is 22.4 Å². The van der Waals surface area contributed by atoms with Gasteiger partial charge in [-0.15, -0.1) is 13.2 Å². The van der Waals surface area contributed by atoms with Crippen molar-refractivity contribution in [2.75, 3.05) is 0 Å². The van der Waals surface area contributed by atoms with Crippen molar-refractivity contribution in [1.82, 2.24) is 4.98 Å². The lowest BCUT2D eigenvalue weighted by Gasteiger charge is -2.08. The van der Waals surface area contributed by atoms with Crippen LogP contribution in [0, 0.1) is 0 Å². The standard InChI is InChI=1S/C11H5ClF3NO3/c12-10(18)9(17)7-4-16-8-3-5(1-2-6(7)8)19-11(13,14)15/h1-4,16H. The first kappa shape index (κ1) is 13.4. The molecule has 0 bridgehead atoms. The van der Waals surface area contributed by atoms with Gasteiger partial charge < -0.3 is 9.72 Å². The van der Waals surface area contributed by atoms with Crippen LogP contribution in [0.25, 0.3) is 10.9 Å². The summed E-state index contributed by atoms with van der Waals surface area (Å²) in [6.45, 7) is 0. The zero-order valence-corrected chi connectivity index (χ0v) is 9.80. The summed E-state index contributed by atoms with van der Waals surface area (Å²) >= 11 is 5.06. The zero-order valence-electron chi connectivity index (χ0n) is 9.05. The molecule has 0 saturated heterocycles. The molecule has 0 radical (unpaired) electrons.